The predicted molar refractivity (Wildman–Crippen MR) is 76.3 cm³/mol. The molecule has 0 amide bonds. The number of halogens is 1. The quantitative estimate of drug-likeness (QED) is 0.342. The lowest BCUT2D eigenvalue weighted by atomic mass is 10.1. The number of nitrogens with two attached hydrogens (primary N) is 1. The van der Waals surface area contributed by atoms with E-state index in [1.54, 1.807) is 29.7 Å². The number of amidine groups is 1. The van der Waals surface area contributed by atoms with Crippen LogP contribution in [-0.4, -0.2) is 16.0 Å². The van der Waals surface area contributed by atoms with Crippen molar-refractivity contribution in [1.82, 2.24) is 10.3 Å². The minimum atomic E-state index is -0.485. The molecule has 4 N–H and O–H groups in total. The molecular formula is C13H15FN4OS. The monoisotopic (exact) mass is 294 g/mol. The predicted octanol–water partition coefficient (Wildman–Crippen LogP) is 2.23. The summed E-state index contributed by atoms with van der Waals surface area (Å²) in [5.74, 6) is -0.723. The molecule has 2 aromatic rings. The van der Waals surface area contributed by atoms with Crippen LogP contribution in [0, 0.1) is 5.82 Å². The Bertz CT molecular complexity index is 600. The van der Waals surface area contributed by atoms with Crippen LogP contribution in [0.4, 0.5) is 4.39 Å². The summed E-state index contributed by atoms with van der Waals surface area (Å²) in [6.45, 7) is 2.29. The first-order chi connectivity index (χ1) is 9.63. The summed E-state index contributed by atoms with van der Waals surface area (Å²) in [4.78, 5) is 4.20. The molecule has 5 nitrogen and oxygen atoms in total. The van der Waals surface area contributed by atoms with Crippen molar-refractivity contribution in [3.8, 4) is 0 Å². The zero-order chi connectivity index (χ0) is 14.5. The lowest BCUT2D eigenvalue weighted by molar-refractivity contribution is 0.318. The Labute approximate surface area is 120 Å². The van der Waals surface area contributed by atoms with Crippen molar-refractivity contribution in [2.75, 3.05) is 0 Å². The van der Waals surface area contributed by atoms with Gasteiger partial charge in [0.2, 0.25) is 0 Å². The van der Waals surface area contributed by atoms with Gasteiger partial charge in [-0.25, -0.2) is 9.37 Å². The Morgan fingerprint density at radius 2 is 2.40 bits per heavy atom. The van der Waals surface area contributed by atoms with Crippen LogP contribution in [0.15, 0.2) is 34.9 Å². The minimum Gasteiger partial charge on any atom is -0.409 e. The highest BCUT2D eigenvalue weighted by Gasteiger charge is 2.13. The van der Waals surface area contributed by atoms with Gasteiger partial charge in [0.1, 0.15) is 10.8 Å². The van der Waals surface area contributed by atoms with Crippen LogP contribution in [0.1, 0.15) is 29.1 Å². The van der Waals surface area contributed by atoms with Gasteiger partial charge in [-0.2, -0.15) is 0 Å². The summed E-state index contributed by atoms with van der Waals surface area (Å²) in [5.41, 5.74) is 5.98. The van der Waals surface area contributed by atoms with E-state index in [-0.39, 0.29) is 17.4 Å². The first-order valence-corrected chi connectivity index (χ1v) is 6.89. The number of nitrogens with one attached hydrogen (secondary N) is 1. The Morgan fingerprint density at radius 1 is 1.60 bits per heavy atom. The molecule has 2 rings (SSSR count). The number of thiazole rings is 1. The second kappa shape index (κ2) is 6.44. The van der Waals surface area contributed by atoms with Gasteiger partial charge in [0.05, 0.1) is 11.6 Å². The van der Waals surface area contributed by atoms with Crippen LogP contribution in [0.5, 0.6) is 0 Å². The van der Waals surface area contributed by atoms with Gasteiger partial charge >= 0.3 is 0 Å². The van der Waals surface area contributed by atoms with E-state index in [2.05, 4.69) is 15.5 Å². The summed E-state index contributed by atoms with van der Waals surface area (Å²) in [6.07, 6.45) is 1.73. The van der Waals surface area contributed by atoms with Gasteiger partial charge in [0.25, 0.3) is 0 Å². The highest BCUT2D eigenvalue weighted by molar-refractivity contribution is 7.09. The molecule has 1 aromatic carbocycles. The third-order valence-electron chi connectivity index (χ3n) is 2.88. The van der Waals surface area contributed by atoms with E-state index in [0.717, 1.165) is 5.01 Å². The van der Waals surface area contributed by atoms with E-state index in [4.69, 9.17) is 10.9 Å². The first kappa shape index (κ1) is 14.4. The lowest BCUT2D eigenvalue weighted by Crippen LogP contribution is -2.21. The topological polar surface area (TPSA) is 83.5 Å². The zero-order valence-electron chi connectivity index (χ0n) is 10.9. The maximum absolute atomic E-state index is 14.2. The summed E-state index contributed by atoms with van der Waals surface area (Å²) >= 11 is 1.54. The van der Waals surface area contributed by atoms with Crippen molar-refractivity contribution in [2.24, 2.45) is 10.9 Å². The molecular weight excluding hydrogens is 279 g/mol. The molecule has 1 heterocycles. The fourth-order valence-electron chi connectivity index (χ4n) is 1.77. The molecule has 0 radical (unpaired) electrons. The van der Waals surface area contributed by atoms with Crippen molar-refractivity contribution in [2.45, 2.75) is 19.5 Å². The summed E-state index contributed by atoms with van der Waals surface area (Å²) in [7, 11) is 0. The Balaban J connectivity index is 2.10. The Morgan fingerprint density at radius 3 is 3.05 bits per heavy atom. The molecule has 0 spiro atoms. The van der Waals surface area contributed by atoms with E-state index < -0.39 is 5.82 Å². The molecule has 20 heavy (non-hydrogen) atoms. The van der Waals surface area contributed by atoms with Crippen molar-refractivity contribution < 1.29 is 9.60 Å². The fourth-order valence-corrected chi connectivity index (χ4v) is 2.44. The summed E-state index contributed by atoms with van der Waals surface area (Å²) in [5, 5.41) is 17.5. The molecule has 0 bridgehead atoms. The number of hydrogen-bond acceptors (Lipinski definition) is 5. The van der Waals surface area contributed by atoms with Gasteiger partial charge in [0.15, 0.2) is 5.84 Å². The van der Waals surface area contributed by atoms with Crippen molar-refractivity contribution >= 4 is 17.2 Å². The van der Waals surface area contributed by atoms with Crippen LogP contribution in [0.3, 0.4) is 0 Å². The average Bonchev–Trinajstić information content (AvgIpc) is 2.99. The number of nitrogens with zero attached hydrogens (tertiary/aromatic N) is 2. The zero-order valence-corrected chi connectivity index (χ0v) is 11.7. The highest BCUT2D eigenvalue weighted by atomic mass is 32.1. The van der Waals surface area contributed by atoms with Crippen LogP contribution in [0.25, 0.3) is 0 Å². The van der Waals surface area contributed by atoms with E-state index >= 15 is 0 Å². The molecule has 0 saturated heterocycles. The number of oxime groups is 1. The molecule has 0 saturated carbocycles. The number of hydrogen-bond donors (Lipinski definition) is 3. The second-order valence-electron chi connectivity index (χ2n) is 4.24. The summed E-state index contributed by atoms with van der Waals surface area (Å²) < 4.78 is 14.2. The summed E-state index contributed by atoms with van der Waals surface area (Å²) in [6, 6.07) is 4.83. The molecule has 7 heteroatoms. The minimum absolute atomic E-state index is 0.0295. The molecule has 1 unspecified atom stereocenters. The van der Waals surface area contributed by atoms with E-state index in [1.807, 2.05) is 12.3 Å². The third kappa shape index (κ3) is 3.12. The van der Waals surface area contributed by atoms with Gasteiger partial charge in [-0.05, 0) is 13.0 Å². The average molecular weight is 294 g/mol. The van der Waals surface area contributed by atoms with Crippen molar-refractivity contribution in [3.05, 3.63) is 51.7 Å². The van der Waals surface area contributed by atoms with Gasteiger partial charge in [-0.1, -0.05) is 17.3 Å². The van der Waals surface area contributed by atoms with Gasteiger partial charge in [0, 0.05) is 23.7 Å². The molecule has 106 valence electrons. The van der Waals surface area contributed by atoms with Crippen molar-refractivity contribution in [3.63, 3.8) is 0 Å². The molecule has 0 fully saturated rings. The van der Waals surface area contributed by atoms with E-state index in [1.165, 1.54) is 6.07 Å². The van der Waals surface area contributed by atoms with Crippen molar-refractivity contribution in [1.29, 1.82) is 0 Å². The maximum atomic E-state index is 14.2. The largest absolute Gasteiger partial charge is 0.409 e. The van der Waals surface area contributed by atoms with E-state index in [0.29, 0.717) is 12.1 Å². The molecule has 1 atom stereocenters. The number of rotatable bonds is 5. The van der Waals surface area contributed by atoms with Gasteiger partial charge in [-0.3, -0.25) is 0 Å². The van der Waals surface area contributed by atoms with Gasteiger partial charge in [-0.15, -0.1) is 11.3 Å². The van der Waals surface area contributed by atoms with Crippen LogP contribution in [0.2, 0.25) is 0 Å². The molecule has 0 aliphatic carbocycles. The van der Waals surface area contributed by atoms with Crippen LogP contribution < -0.4 is 11.1 Å². The molecule has 0 aliphatic rings. The molecule has 1 aromatic heterocycles. The standard InChI is InChI=1S/C13H15FN4OS/c1-8(13-16-5-6-20-13)17-7-9-3-2-4-10(11(9)14)12(15)18-19/h2-6,8,17,19H,7H2,1H3,(H2,15,18). The lowest BCUT2D eigenvalue weighted by Gasteiger charge is -2.12. The number of benzene rings is 1. The fraction of sp³-hybridized carbons (Fsp3) is 0.231. The smallest absolute Gasteiger partial charge is 0.173 e. The van der Waals surface area contributed by atoms with Gasteiger partial charge < -0.3 is 16.3 Å². The van der Waals surface area contributed by atoms with Crippen LogP contribution >= 0.6 is 11.3 Å². The second-order valence-corrected chi connectivity index (χ2v) is 5.16. The highest BCUT2D eigenvalue weighted by Crippen LogP contribution is 2.17. The van der Waals surface area contributed by atoms with E-state index in [9.17, 15) is 4.39 Å². The maximum Gasteiger partial charge on any atom is 0.173 e. The molecule has 0 aliphatic heterocycles. The van der Waals surface area contributed by atoms with Crippen LogP contribution in [-0.2, 0) is 6.54 Å². The SMILES string of the molecule is CC(NCc1cccc(/C(N)=N/O)c1F)c1nccs1. The first-order valence-electron chi connectivity index (χ1n) is 6.01. The Kier molecular flexibility index (Phi) is 4.65. The number of aromatic nitrogens is 1. The third-order valence-corrected chi connectivity index (χ3v) is 3.84. The Hall–Kier alpha value is -1.99. The normalized spacial score (nSPS) is 13.4.